The van der Waals surface area contributed by atoms with E-state index in [1.54, 1.807) is 49.0 Å². The molecular formula is C21H20FN3O4. The van der Waals surface area contributed by atoms with E-state index in [0.717, 1.165) is 0 Å². The van der Waals surface area contributed by atoms with E-state index in [-0.39, 0.29) is 12.1 Å². The summed E-state index contributed by atoms with van der Waals surface area (Å²) in [5.41, 5.74) is 1.38. The van der Waals surface area contributed by atoms with Gasteiger partial charge in [-0.25, -0.2) is 9.07 Å². The van der Waals surface area contributed by atoms with Crippen molar-refractivity contribution in [3.63, 3.8) is 0 Å². The summed E-state index contributed by atoms with van der Waals surface area (Å²) in [6, 6.07) is 14.6. The second-order valence-electron chi connectivity index (χ2n) is 6.45. The number of hydrogen-bond donors (Lipinski definition) is 1. The zero-order chi connectivity index (χ0) is 21.0. The molecule has 1 amide bonds. The lowest BCUT2D eigenvalue weighted by Gasteiger charge is -2.07. The predicted octanol–water partition coefficient (Wildman–Crippen LogP) is 2.35. The van der Waals surface area contributed by atoms with Crippen molar-refractivity contribution in [3.05, 3.63) is 82.0 Å². The number of anilines is 1. The molecule has 0 atom stereocenters. The van der Waals surface area contributed by atoms with E-state index in [1.165, 1.54) is 22.9 Å². The Morgan fingerprint density at radius 1 is 1.10 bits per heavy atom. The molecule has 8 heteroatoms. The molecule has 29 heavy (non-hydrogen) atoms. The van der Waals surface area contributed by atoms with Gasteiger partial charge in [0.1, 0.15) is 11.5 Å². The highest BCUT2D eigenvalue weighted by Crippen LogP contribution is 2.14. The van der Waals surface area contributed by atoms with Crippen LogP contribution in [0.2, 0.25) is 0 Å². The first-order valence-electron chi connectivity index (χ1n) is 8.90. The van der Waals surface area contributed by atoms with E-state index >= 15 is 0 Å². The van der Waals surface area contributed by atoms with Gasteiger partial charge < -0.3 is 10.1 Å². The summed E-state index contributed by atoms with van der Waals surface area (Å²) in [5, 5.41) is 2.51. The molecule has 0 fully saturated rings. The van der Waals surface area contributed by atoms with Crippen LogP contribution in [0.25, 0.3) is 5.69 Å². The zero-order valence-corrected chi connectivity index (χ0v) is 16.0. The summed E-state index contributed by atoms with van der Waals surface area (Å²) >= 11 is 0. The summed E-state index contributed by atoms with van der Waals surface area (Å²) < 4.78 is 21.1. The van der Waals surface area contributed by atoms with Gasteiger partial charge in [0.15, 0.2) is 6.61 Å². The SMILES string of the molecule is Cc1c(NC(=O)COC(=O)Cc2cccc(F)c2)c(=O)n(-c2ccccc2)n1C. The molecule has 150 valence electrons. The van der Waals surface area contributed by atoms with Crippen molar-refractivity contribution >= 4 is 17.6 Å². The van der Waals surface area contributed by atoms with Gasteiger partial charge in [0.05, 0.1) is 17.8 Å². The van der Waals surface area contributed by atoms with Crippen LogP contribution in [0.5, 0.6) is 0 Å². The Hall–Kier alpha value is -3.68. The maximum atomic E-state index is 13.2. The smallest absolute Gasteiger partial charge is 0.310 e. The van der Waals surface area contributed by atoms with E-state index in [0.29, 0.717) is 16.9 Å². The number of para-hydroxylation sites is 1. The average Bonchev–Trinajstić information content (AvgIpc) is 2.90. The van der Waals surface area contributed by atoms with Crippen LogP contribution >= 0.6 is 0 Å². The van der Waals surface area contributed by atoms with Crippen LogP contribution in [0, 0.1) is 12.7 Å². The van der Waals surface area contributed by atoms with Crippen molar-refractivity contribution in [1.29, 1.82) is 0 Å². The number of benzene rings is 2. The Bertz CT molecular complexity index is 1100. The molecule has 0 aliphatic rings. The number of rotatable bonds is 6. The third-order valence-electron chi connectivity index (χ3n) is 4.42. The van der Waals surface area contributed by atoms with Crippen LogP contribution in [0.15, 0.2) is 59.4 Å². The molecule has 1 N–H and O–H groups in total. The van der Waals surface area contributed by atoms with Gasteiger partial charge in [0.2, 0.25) is 0 Å². The predicted molar refractivity (Wildman–Crippen MR) is 105 cm³/mol. The summed E-state index contributed by atoms with van der Waals surface area (Å²) in [4.78, 5) is 36.8. The molecule has 7 nitrogen and oxygen atoms in total. The van der Waals surface area contributed by atoms with Crippen LogP contribution in [-0.2, 0) is 27.8 Å². The molecule has 3 aromatic rings. The van der Waals surface area contributed by atoms with Crippen molar-refractivity contribution in [2.24, 2.45) is 7.05 Å². The van der Waals surface area contributed by atoms with E-state index in [2.05, 4.69) is 5.32 Å². The molecule has 3 rings (SSSR count). The lowest BCUT2D eigenvalue weighted by molar-refractivity contribution is -0.146. The molecule has 1 aromatic heterocycles. The molecule has 0 saturated carbocycles. The fraction of sp³-hybridized carbons (Fsp3) is 0.190. The molecule has 0 aliphatic carbocycles. The van der Waals surface area contributed by atoms with E-state index < -0.39 is 29.9 Å². The number of carbonyl (C=O) groups is 2. The Morgan fingerprint density at radius 3 is 2.52 bits per heavy atom. The van der Waals surface area contributed by atoms with Gasteiger partial charge in [-0.2, -0.15) is 0 Å². The number of aromatic nitrogens is 2. The van der Waals surface area contributed by atoms with Gasteiger partial charge in [-0.1, -0.05) is 30.3 Å². The van der Waals surface area contributed by atoms with Crippen LogP contribution in [0.3, 0.4) is 0 Å². The average molecular weight is 397 g/mol. The summed E-state index contributed by atoms with van der Waals surface area (Å²) in [5.74, 6) is -1.76. The minimum Gasteiger partial charge on any atom is -0.455 e. The van der Waals surface area contributed by atoms with Crippen LogP contribution in [0.1, 0.15) is 11.3 Å². The second-order valence-corrected chi connectivity index (χ2v) is 6.45. The molecule has 0 aliphatic heterocycles. The fourth-order valence-corrected chi connectivity index (χ4v) is 2.90. The number of nitrogens with one attached hydrogen (secondary N) is 1. The van der Waals surface area contributed by atoms with Crippen molar-refractivity contribution in [2.45, 2.75) is 13.3 Å². The first-order valence-corrected chi connectivity index (χ1v) is 8.90. The van der Waals surface area contributed by atoms with Crippen molar-refractivity contribution < 1.29 is 18.7 Å². The Kier molecular flexibility index (Phi) is 5.92. The zero-order valence-electron chi connectivity index (χ0n) is 16.0. The van der Waals surface area contributed by atoms with E-state index in [9.17, 15) is 18.8 Å². The van der Waals surface area contributed by atoms with Crippen molar-refractivity contribution in [1.82, 2.24) is 9.36 Å². The highest BCUT2D eigenvalue weighted by Gasteiger charge is 2.18. The largest absolute Gasteiger partial charge is 0.455 e. The standard InChI is InChI=1S/C21H20FN3O4/c1-14-20(21(28)25(24(14)2)17-9-4-3-5-10-17)23-18(26)13-29-19(27)12-15-7-6-8-16(22)11-15/h3-11H,12-13H2,1-2H3,(H,23,26). The van der Waals surface area contributed by atoms with Gasteiger partial charge >= 0.3 is 5.97 Å². The molecular weight excluding hydrogens is 377 g/mol. The summed E-state index contributed by atoms with van der Waals surface area (Å²) in [6.07, 6.45) is -0.157. The third-order valence-corrected chi connectivity index (χ3v) is 4.42. The minimum atomic E-state index is -0.669. The first-order chi connectivity index (χ1) is 13.9. The number of nitrogens with zero attached hydrogens (tertiary/aromatic N) is 2. The van der Waals surface area contributed by atoms with Crippen LogP contribution in [-0.4, -0.2) is 27.8 Å². The van der Waals surface area contributed by atoms with E-state index in [4.69, 9.17) is 4.74 Å². The van der Waals surface area contributed by atoms with Gasteiger partial charge in [-0.15, -0.1) is 0 Å². The van der Waals surface area contributed by atoms with Crippen LogP contribution < -0.4 is 10.9 Å². The highest BCUT2D eigenvalue weighted by atomic mass is 19.1. The van der Waals surface area contributed by atoms with E-state index in [1.807, 2.05) is 6.07 Å². The maximum Gasteiger partial charge on any atom is 0.310 e. The molecule has 2 aromatic carbocycles. The van der Waals surface area contributed by atoms with Gasteiger partial charge in [-0.05, 0) is 36.8 Å². The van der Waals surface area contributed by atoms with Crippen molar-refractivity contribution in [3.8, 4) is 5.69 Å². The Balaban J connectivity index is 1.65. The summed E-state index contributed by atoms with van der Waals surface area (Å²) in [7, 11) is 1.71. The lowest BCUT2D eigenvalue weighted by atomic mass is 10.1. The fourth-order valence-electron chi connectivity index (χ4n) is 2.90. The Morgan fingerprint density at radius 2 is 1.83 bits per heavy atom. The number of ether oxygens (including phenoxy) is 1. The molecule has 0 unspecified atom stereocenters. The monoisotopic (exact) mass is 397 g/mol. The minimum absolute atomic E-state index is 0.113. The van der Waals surface area contributed by atoms with Crippen molar-refractivity contribution in [2.75, 3.05) is 11.9 Å². The quantitative estimate of drug-likeness (QED) is 0.648. The molecule has 0 saturated heterocycles. The molecule has 0 bridgehead atoms. The molecule has 0 spiro atoms. The normalized spacial score (nSPS) is 10.6. The Labute approximate surface area is 166 Å². The molecule has 1 heterocycles. The van der Waals surface area contributed by atoms with Gasteiger partial charge in [-0.3, -0.25) is 19.1 Å². The first kappa shape index (κ1) is 20.1. The number of hydrogen-bond acceptors (Lipinski definition) is 4. The second kappa shape index (κ2) is 8.55. The molecule has 0 radical (unpaired) electrons. The number of halogens is 1. The topological polar surface area (TPSA) is 82.3 Å². The number of amides is 1. The maximum absolute atomic E-state index is 13.2. The third kappa shape index (κ3) is 4.60. The number of carbonyl (C=O) groups excluding carboxylic acids is 2. The highest BCUT2D eigenvalue weighted by molar-refractivity contribution is 5.93. The summed E-state index contributed by atoms with van der Waals surface area (Å²) in [6.45, 7) is 1.15. The van der Waals surface area contributed by atoms with Gasteiger partial charge in [0, 0.05) is 7.05 Å². The van der Waals surface area contributed by atoms with Gasteiger partial charge in [0.25, 0.3) is 11.5 Å². The lowest BCUT2D eigenvalue weighted by Crippen LogP contribution is -2.26. The van der Waals surface area contributed by atoms with Crippen LogP contribution in [0.4, 0.5) is 10.1 Å². The number of esters is 1.